The third-order valence-electron chi connectivity index (χ3n) is 4.06. The Morgan fingerprint density at radius 1 is 1.13 bits per heavy atom. The number of nitrogens with zero attached hydrogens (tertiary/aromatic N) is 2. The second kappa shape index (κ2) is 9.37. The van der Waals surface area contributed by atoms with Crippen LogP contribution in [0.3, 0.4) is 0 Å². The molecule has 1 aromatic rings. The van der Waals surface area contributed by atoms with E-state index in [1.54, 1.807) is 7.11 Å². The van der Waals surface area contributed by atoms with Crippen LogP contribution in [0.5, 0.6) is 11.5 Å². The van der Waals surface area contributed by atoms with Crippen LogP contribution in [0, 0.1) is 0 Å². The second-order valence-corrected chi connectivity index (χ2v) is 5.52. The number of carbonyl (C=O) groups is 1. The summed E-state index contributed by atoms with van der Waals surface area (Å²) >= 11 is 0. The van der Waals surface area contributed by atoms with Crippen molar-refractivity contribution in [1.82, 2.24) is 15.1 Å². The number of nitrogens with one attached hydrogen (secondary N) is 1. The fraction of sp³-hybridized carbons (Fsp3) is 0.588. The minimum atomic E-state index is 0.171. The maximum atomic E-state index is 12.1. The Kier molecular flexibility index (Phi) is 7.16. The molecule has 0 radical (unpaired) electrons. The Balaban J connectivity index is 1.57. The molecule has 1 aromatic carbocycles. The molecule has 6 nitrogen and oxygen atoms in total. The van der Waals surface area contributed by atoms with Crippen LogP contribution >= 0.6 is 0 Å². The Morgan fingerprint density at radius 3 is 2.39 bits per heavy atom. The van der Waals surface area contributed by atoms with E-state index < -0.39 is 0 Å². The topological polar surface area (TPSA) is 54.0 Å². The molecule has 1 amide bonds. The lowest BCUT2D eigenvalue weighted by Gasteiger charge is -2.34. The number of hydrogen-bond donors (Lipinski definition) is 1. The molecular formula is C17H27N3O3. The molecule has 0 aromatic heterocycles. The average molecular weight is 321 g/mol. The van der Waals surface area contributed by atoms with Gasteiger partial charge in [0.1, 0.15) is 18.1 Å². The number of rotatable bonds is 8. The van der Waals surface area contributed by atoms with Crippen LogP contribution in [0.4, 0.5) is 0 Å². The van der Waals surface area contributed by atoms with Crippen LogP contribution < -0.4 is 14.8 Å². The van der Waals surface area contributed by atoms with Crippen molar-refractivity contribution >= 4 is 5.91 Å². The van der Waals surface area contributed by atoms with Crippen molar-refractivity contribution in [2.45, 2.75) is 6.92 Å². The van der Waals surface area contributed by atoms with E-state index in [1.165, 1.54) is 0 Å². The number of ether oxygens (including phenoxy) is 2. The van der Waals surface area contributed by atoms with Gasteiger partial charge in [-0.15, -0.1) is 0 Å². The van der Waals surface area contributed by atoms with Gasteiger partial charge >= 0.3 is 0 Å². The van der Waals surface area contributed by atoms with Gasteiger partial charge in [0.05, 0.1) is 13.7 Å². The summed E-state index contributed by atoms with van der Waals surface area (Å²) in [6.45, 7) is 8.37. The summed E-state index contributed by atoms with van der Waals surface area (Å²) in [5, 5.41) is 3.15. The quantitative estimate of drug-likeness (QED) is 0.719. The summed E-state index contributed by atoms with van der Waals surface area (Å²) in [7, 11) is 1.64. The molecule has 1 aliphatic rings. The van der Waals surface area contributed by atoms with Crippen LogP contribution in [0.1, 0.15) is 6.92 Å². The van der Waals surface area contributed by atoms with Crippen molar-refractivity contribution in [1.29, 1.82) is 0 Å². The number of methoxy groups -OCH3 is 1. The fourth-order valence-corrected chi connectivity index (χ4v) is 2.53. The molecule has 1 N–H and O–H groups in total. The monoisotopic (exact) mass is 321 g/mol. The van der Waals surface area contributed by atoms with Gasteiger partial charge in [-0.1, -0.05) is 6.92 Å². The highest BCUT2D eigenvalue weighted by atomic mass is 16.5. The Morgan fingerprint density at radius 2 is 1.78 bits per heavy atom. The SMILES string of the molecule is CCN1CCN(C(=O)CNCCOc2ccc(OC)cc2)CC1. The zero-order chi connectivity index (χ0) is 16.5. The third kappa shape index (κ3) is 5.73. The van der Waals surface area contributed by atoms with Gasteiger partial charge in [0.15, 0.2) is 0 Å². The molecule has 1 saturated heterocycles. The van der Waals surface area contributed by atoms with E-state index in [0.29, 0.717) is 19.7 Å². The van der Waals surface area contributed by atoms with E-state index in [-0.39, 0.29) is 5.91 Å². The Labute approximate surface area is 138 Å². The third-order valence-corrected chi connectivity index (χ3v) is 4.06. The highest BCUT2D eigenvalue weighted by molar-refractivity contribution is 5.78. The first-order valence-corrected chi connectivity index (χ1v) is 8.20. The summed E-state index contributed by atoms with van der Waals surface area (Å²) in [5.41, 5.74) is 0. The van der Waals surface area contributed by atoms with Crippen LogP contribution in [0.25, 0.3) is 0 Å². The van der Waals surface area contributed by atoms with Gasteiger partial charge in [-0.2, -0.15) is 0 Å². The van der Waals surface area contributed by atoms with Crippen molar-refractivity contribution in [3.8, 4) is 11.5 Å². The first kappa shape index (κ1) is 17.6. The lowest BCUT2D eigenvalue weighted by Crippen LogP contribution is -2.50. The Bertz CT molecular complexity index is 470. The van der Waals surface area contributed by atoms with Crippen LogP contribution in [-0.2, 0) is 4.79 Å². The number of hydrogen-bond acceptors (Lipinski definition) is 5. The smallest absolute Gasteiger partial charge is 0.236 e. The molecule has 0 saturated carbocycles. The zero-order valence-corrected chi connectivity index (χ0v) is 14.1. The molecular weight excluding hydrogens is 294 g/mol. The summed E-state index contributed by atoms with van der Waals surface area (Å²) in [4.78, 5) is 16.4. The molecule has 0 aliphatic carbocycles. The minimum absolute atomic E-state index is 0.171. The van der Waals surface area contributed by atoms with Crippen LogP contribution in [0.2, 0.25) is 0 Å². The average Bonchev–Trinajstić information content (AvgIpc) is 2.62. The van der Waals surface area contributed by atoms with E-state index in [1.807, 2.05) is 29.2 Å². The molecule has 1 aliphatic heterocycles. The second-order valence-electron chi connectivity index (χ2n) is 5.52. The molecule has 0 bridgehead atoms. The van der Waals surface area contributed by atoms with E-state index in [4.69, 9.17) is 9.47 Å². The van der Waals surface area contributed by atoms with E-state index >= 15 is 0 Å². The molecule has 128 valence electrons. The minimum Gasteiger partial charge on any atom is -0.497 e. The molecule has 23 heavy (non-hydrogen) atoms. The molecule has 1 fully saturated rings. The Hall–Kier alpha value is -1.79. The summed E-state index contributed by atoms with van der Waals surface area (Å²) in [6, 6.07) is 7.47. The highest BCUT2D eigenvalue weighted by Crippen LogP contribution is 2.16. The first-order chi connectivity index (χ1) is 11.2. The van der Waals surface area contributed by atoms with Crippen molar-refractivity contribution in [3.05, 3.63) is 24.3 Å². The maximum absolute atomic E-state index is 12.1. The van der Waals surface area contributed by atoms with Crippen LogP contribution in [0.15, 0.2) is 24.3 Å². The van der Waals surface area contributed by atoms with E-state index in [0.717, 1.165) is 44.2 Å². The number of amides is 1. The summed E-state index contributed by atoms with van der Waals surface area (Å²) in [5.74, 6) is 1.78. The number of piperazine rings is 1. The summed E-state index contributed by atoms with van der Waals surface area (Å²) in [6.07, 6.45) is 0. The van der Waals surface area contributed by atoms with Gasteiger partial charge in [-0.25, -0.2) is 0 Å². The fourth-order valence-electron chi connectivity index (χ4n) is 2.53. The number of benzene rings is 1. The molecule has 2 rings (SSSR count). The lowest BCUT2D eigenvalue weighted by molar-refractivity contribution is -0.131. The molecule has 0 atom stereocenters. The zero-order valence-electron chi connectivity index (χ0n) is 14.1. The van der Waals surface area contributed by atoms with E-state index in [2.05, 4.69) is 17.1 Å². The molecule has 6 heteroatoms. The van der Waals surface area contributed by atoms with Gasteiger partial charge < -0.3 is 24.6 Å². The van der Waals surface area contributed by atoms with Crippen molar-refractivity contribution < 1.29 is 14.3 Å². The highest BCUT2D eigenvalue weighted by Gasteiger charge is 2.19. The van der Waals surface area contributed by atoms with Gasteiger partial charge in [0, 0.05) is 32.7 Å². The summed E-state index contributed by atoms with van der Waals surface area (Å²) < 4.78 is 10.7. The van der Waals surface area contributed by atoms with E-state index in [9.17, 15) is 4.79 Å². The molecule has 1 heterocycles. The largest absolute Gasteiger partial charge is 0.497 e. The van der Waals surface area contributed by atoms with Gasteiger partial charge in [-0.3, -0.25) is 4.79 Å². The van der Waals surface area contributed by atoms with Gasteiger partial charge in [0.2, 0.25) is 5.91 Å². The van der Waals surface area contributed by atoms with Crippen molar-refractivity contribution in [3.63, 3.8) is 0 Å². The number of likely N-dealkylation sites (N-methyl/N-ethyl adjacent to an activating group) is 1. The standard InChI is InChI=1S/C17H27N3O3/c1-3-19-9-11-20(12-10-19)17(21)14-18-8-13-23-16-6-4-15(22-2)5-7-16/h4-7,18H,3,8-14H2,1-2H3. The normalized spacial score (nSPS) is 15.5. The molecule has 0 spiro atoms. The van der Waals surface area contributed by atoms with Gasteiger partial charge in [0.25, 0.3) is 0 Å². The lowest BCUT2D eigenvalue weighted by atomic mass is 10.3. The predicted octanol–water partition coefficient (Wildman–Crippen LogP) is 0.828. The molecule has 0 unspecified atom stereocenters. The predicted molar refractivity (Wildman–Crippen MR) is 90.1 cm³/mol. The van der Waals surface area contributed by atoms with Crippen LogP contribution in [-0.4, -0.2) is 75.2 Å². The van der Waals surface area contributed by atoms with Gasteiger partial charge in [-0.05, 0) is 30.8 Å². The first-order valence-electron chi connectivity index (χ1n) is 8.20. The maximum Gasteiger partial charge on any atom is 0.236 e. The number of carbonyl (C=O) groups excluding carboxylic acids is 1. The van der Waals surface area contributed by atoms with Crippen molar-refractivity contribution in [2.75, 3.05) is 59.5 Å². The van der Waals surface area contributed by atoms with Crippen molar-refractivity contribution in [2.24, 2.45) is 0 Å².